The van der Waals surface area contributed by atoms with Gasteiger partial charge in [0.2, 0.25) is 0 Å². The van der Waals surface area contributed by atoms with Crippen molar-refractivity contribution < 1.29 is 0 Å². The molecule has 3 nitrogen and oxygen atoms in total. The molecular weight excluding hydrogens is 318 g/mol. The first kappa shape index (κ1) is 16.2. The van der Waals surface area contributed by atoms with Gasteiger partial charge in [-0.05, 0) is 30.1 Å². The van der Waals surface area contributed by atoms with Crippen LogP contribution in [0, 0.1) is 17.3 Å². The Kier molecular flexibility index (Phi) is 3.75. The predicted molar refractivity (Wildman–Crippen MR) is 105 cm³/mol. The molecule has 2 heterocycles. The molecule has 2 bridgehead atoms. The second-order valence-electron chi connectivity index (χ2n) is 8.81. The summed E-state index contributed by atoms with van der Waals surface area (Å²) in [4.78, 5) is 12.1. The second kappa shape index (κ2) is 6.02. The van der Waals surface area contributed by atoms with Gasteiger partial charge in [-0.15, -0.1) is 0 Å². The molecule has 6 rings (SSSR count). The molecule has 0 saturated heterocycles. The SMILES string of the molecule is CC1(C)C2CC=C(CN3CCc4nc(-c5ccccc5)ncc4C3)C1C2. The van der Waals surface area contributed by atoms with Gasteiger partial charge >= 0.3 is 0 Å². The van der Waals surface area contributed by atoms with E-state index in [4.69, 9.17) is 4.98 Å². The molecule has 3 aliphatic carbocycles. The van der Waals surface area contributed by atoms with Gasteiger partial charge in [0.1, 0.15) is 0 Å². The topological polar surface area (TPSA) is 29.0 Å². The Labute approximate surface area is 156 Å². The molecule has 3 heteroatoms. The van der Waals surface area contributed by atoms with Crippen LogP contribution >= 0.6 is 0 Å². The van der Waals surface area contributed by atoms with Gasteiger partial charge in [-0.1, -0.05) is 55.8 Å². The first-order valence-electron chi connectivity index (χ1n) is 9.93. The van der Waals surface area contributed by atoms with Gasteiger partial charge in [-0.2, -0.15) is 0 Å². The number of rotatable bonds is 3. The van der Waals surface area contributed by atoms with E-state index in [0.29, 0.717) is 5.41 Å². The Morgan fingerprint density at radius 3 is 2.81 bits per heavy atom. The minimum Gasteiger partial charge on any atom is -0.295 e. The molecule has 26 heavy (non-hydrogen) atoms. The minimum absolute atomic E-state index is 0.519. The van der Waals surface area contributed by atoms with Crippen molar-refractivity contribution in [2.45, 2.75) is 39.7 Å². The number of hydrogen-bond donors (Lipinski definition) is 0. The highest BCUT2D eigenvalue weighted by molar-refractivity contribution is 5.54. The van der Waals surface area contributed by atoms with E-state index in [9.17, 15) is 0 Å². The molecule has 1 aromatic heterocycles. The Balaban J connectivity index is 1.31. The summed E-state index contributed by atoms with van der Waals surface area (Å²) in [5.74, 6) is 2.58. The lowest BCUT2D eigenvalue weighted by atomic mass is 9.49. The summed E-state index contributed by atoms with van der Waals surface area (Å²) in [5.41, 5.74) is 5.84. The third-order valence-electron chi connectivity index (χ3n) is 7.03. The van der Waals surface area contributed by atoms with Gasteiger partial charge in [0.05, 0.1) is 5.69 Å². The zero-order valence-electron chi connectivity index (χ0n) is 15.8. The van der Waals surface area contributed by atoms with Gasteiger partial charge in [-0.3, -0.25) is 4.90 Å². The predicted octanol–water partition coefficient (Wildman–Crippen LogP) is 4.49. The fourth-order valence-electron chi connectivity index (χ4n) is 5.15. The quantitative estimate of drug-likeness (QED) is 0.767. The summed E-state index contributed by atoms with van der Waals surface area (Å²) >= 11 is 0. The minimum atomic E-state index is 0.519. The maximum Gasteiger partial charge on any atom is 0.159 e. The smallest absolute Gasteiger partial charge is 0.159 e. The van der Waals surface area contributed by atoms with E-state index in [-0.39, 0.29) is 0 Å². The molecule has 0 radical (unpaired) electrons. The lowest BCUT2D eigenvalue weighted by molar-refractivity contribution is -0.0110. The van der Waals surface area contributed by atoms with Crippen LogP contribution in [0.1, 0.15) is 37.9 Å². The number of allylic oxidation sites excluding steroid dienone is 1. The first-order chi connectivity index (χ1) is 12.6. The van der Waals surface area contributed by atoms with E-state index < -0.39 is 0 Å². The average molecular weight is 345 g/mol. The van der Waals surface area contributed by atoms with Gasteiger partial charge in [0, 0.05) is 43.4 Å². The number of nitrogens with zero attached hydrogens (tertiary/aromatic N) is 3. The zero-order chi connectivity index (χ0) is 17.7. The Hall–Kier alpha value is -2.00. The third-order valence-corrected chi connectivity index (χ3v) is 7.03. The normalized spacial score (nSPS) is 26.6. The third kappa shape index (κ3) is 2.61. The van der Waals surface area contributed by atoms with E-state index in [2.05, 4.69) is 48.1 Å². The van der Waals surface area contributed by atoms with Crippen LogP contribution in [0.3, 0.4) is 0 Å². The van der Waals surface area contributed by atoms with Crippen LogP contribution in [0.5, 0.6) is 0 Å². The van der Waals surface area contributed by atoms with Crippen molar-refractivity contribution in [3.8, 4) is 11.4 Å². The molecule has 0 N–H and O–H groups in total. The average Bonchev–Trinajstić information content (AvgIpc) is 2.68. The van der Waals surface area contributed by atoms with Crippen LogP contribution in [0.25, 0.3) is 11.4 Å². The van der Waals surface area contributed by atoms with Crippen LogP contribution < -0.4 is 0 Å². The van der Waals surface area contributed by atoms with Crippen molar-refractivity contribution in [3.63, 3.8) is 0 Å². The second-order valence-corrected chi connectivity index (χ2v) is 8.81. The summed E-state index contributed by atoms with van der Waals surface area (Å²) < 4.78 is 0. The van der Waals surface area contributed by atoms with Crippen LogP contribution in [0.15, 0.2) is 48.2 Å². The summed E-state index contributed by atoms with van der Waals surface area (Å²) in [6, 6.07) is 10.3. The van der Waals surface area contributed by atoms with Crippen LogP contribution in [0.4, 0.5) is 0 Å². The maximum absolute atomic E-state index is 4.86. The number of fused-ring (bicyclic) bond motifs is 2. The molecule has 1 aliphatic heterocycles. The summed E-state index contributed by atoms with van der Waals surface area (Å²) in [6.45, 7) is 8.14. The van der Waals surface area contributed by atoms with E-state index in [1.165, 1.54) is 24.1 Å². The van der Waals surface area contributed by atoms with Crippen LogP contribution in [-0.4, -0.2) is 28.0 Å². The lowest BCUT2D eigenvalue weighted by Gasteiger charge is -2.57. The van der Waals surface area contributed by atoms with E-state index >= 15 is 0 Å². The Morgan fingerprint density at radius 2 is 2.04 bits per heavy atom. The van der Waals surface area contributed by atoms with Crippen molar-refractivity contribution in [1.29, 1.82) is 0 Å². The first-order valence-corrected chi connectivity index (χ1v) is 9.93. The molecule has 1 aromatic carbocycles. The fraction of sp³-hybridized carbons (Fsp3) is 0.478. The molecule has 1 saturated carbocycles. The summed E-state index contributed by atoms with van der Waals surface area (Å²) in [6.07, 6.45) is 8.31. The molecule has 2 aromatic rings. The van der Waals surface area contributed by atoms with E-state index in [0.717, 1.165) is 49.3 Å². The van der Waals surface area contributed by atoms with Gasteiger partial charge < -0.3 is 0 Å². The Morgan fingerprint density at radius 1 is 1.19 bits per heavy atom. The number of aromatic nitrogens is 2. The lowest BCUT2D eigenvalue weighted by Crippen LogP contribution is -2.50. The highest BCUT2D eigenvalue weighted by Gasteiger charge is 2.51. The van der Waals surface area contributed by atoms with Gasteiger partial charge in [0.15, 0.2) is 5.82 Å². The number of hydrogen-bond acceptors (Lipinski definition) is 3. The van der Waals surface area contributed by atoms with Crippen molar-refractivity contribution in [3.05, 3.63) is 59.4 Å². The number of benzene rings is 1. The summed E-state index contributed by atoms with van der Waals surface area (Å²) in [5, 5.41) is 0. The van der Waals surface area contributed by atoms with Gasteiger partial charge in [-0.25, -0.2) is 9.97 Å². The van der Waals surface area contributed by atoms with Crippen molar-refractivity contribution in [2.75, 3.05) is 13.1 Å². The van der Waals surface area contributed by atoms with Crippen molar-refractivity contribution in [1.82, 2.24) is 14.9 Å². The van der Waals surface area contributed by atoms with Crippen LogP contribution in [-0.2, 0) is 13.0 Å². The standard InChI is InChI=1S/C23H27N3/c1-23(2)19-9-8-17(20(23)12-19)14-26-11-10-21-18(15-26)13-24-22(25-21)16-6-4-3-5-7-16/h3-8,13,19-20H,9-12,14-15H2,1-2H3. The van der Waals surface area contributed by atoms with E-state index in [1.807, 2.05) is 18.2 Å². The molecule has 0 amide bonds. The van der Waals surface area contributed by atoms with Gasteiger partial charge in [0.25, 0.3) is 0 Å². The van der Waals surface area contributed by atoms with Crippen molar-refractivity contribution in [2.24, 2.45) is 17.3 Å². The maximum atomic E-state index is 4.86. The fourth-order valence-corrected chi connectivity index (χ4v) is 5.15. The monoisotopic (exact) mass is 345 g/mol. The van der Waals surface area contributed by atoms with E-state index in [1.54, 1.807) is 5.57 Å². The zero-order valence-corrected chi connectivity index (χ0v) is 15.8. The highest BCUT2D eigenvalue weighted by atomic mass is 15.1. The largest absolute Gasteiger partial charge is 0.295 e. The molecular formula is C23H27N3. The molecule has 2 atom stereocenters. The molecule has 4 aliphatic rings. The van der Waals surface area contributed by atoms with Crippen molar-refractivity contribution >= 4 is 0 Å². The summed E-state index contributed by atoms with van der Waals surface area (Å²) in [7, 11) is 0. The molecule has 1 fully saturated rings. The van der Waals surface area contributed by atoms with Crippen LogP contribution in [0.2, 0.25) is 0 Å². The molecule has 134 valence electrons. The highest BCUT2D eigenvalue weighted by Crippen LogP contribution is 2.59. The molecule has 0 spiro atoms. The molecule has 2 unspecified atom stereocenters. The Bertz CT molecular complexity index is 853.